The molecule has 0 aliphatic heterocycles. The van der Waals surface area contributed by atoms with Crippen LogP contribution in [0.1, 0.15) is 37.0 Å². The van der Waals surface area contributed by atoms with E-state index in [0.29, 0.717) is 13.0 Å². The number of para-hydroxylation sites is 1. The first-order chi connectivity index (χ1) is 12.4. The van der Waals surface area contributed by atoms with Gasteiger partial charge in [-0.15, -0.1) is 0 Å². The fourth-order valence-electron chi connectivity index (χ4n) is 2.58. The SMILES string of the molecule is CC[C@H](Oc1ccc(C)c(C)c1)C(=O)N[C@H](C)COc1ccccc1C. The van der Waals surface area contributed by atoms with E-state index in [9.17, 15) is 4.79 Å². The maximum atomic E-state index is 12.5. The summed E-state index contributed by atoms with van der Waals surface area (Å²) in [4.78, 5) is 12.5. The lowest BCUT2D eigenvalue weighted by Gasteiger charge is -2.21. The van der Waals surface area contributed by atoms with E-state index in [2.05, 4.69) is 12.2 Å². The van der Waals surface area contributed by atoms with Crippen LogP contribution in [0.2, 0.25) is 0 Å². The van der Waals surface area contributed by atoms with Crippen LogP contribution in [-0.4, -0.2) is 24.7 Å². The highest BCUT2D eigenvalue weighted by molar-refractivity contribution is 5.81. The number of amides is 1. The third kappa shape index (κ3) is 5.51. The zero-order chi connectivity index (χ0) is 19.1. The van der Waals surface area contributed by atoms with Crippen molar-refractivity contribution in [3.8, 4) is 11.5 Å². The van der Waals surface area contributed by atoms with Crippen LogP contribution in [-0.2, 0) is 4.79 Å². The Bertz CT molecular complexity index is 742. The molecule has 2 aromatic carbocycles. The third-order valence-electron chi connectivity index (χ3n) is 4.39. The van der Waals surface area contributed by atoms with Crippen molar-refractivity contribution >= 4 is 5.91 Å². The van der Waals surface area contributed by atoms with Crippen LogP contribution < -0.4 is 14.8 Å². The molecule has 140 valence electrons. The van der Waals surface area contributed by atoms with Gasteiger partial charge in [-0.25, -0.2) is 0 Å². The van der Waals surface area contributed by atoms with Gasteiger partial charge in [0, 0.05) is 0 Å². The van der Waals surface area contributed by atoms with Crippen LogP contribution in [0, 0.1) is 20.8 Å². The average Bonchev–Trinajstić information content (AvgIpc) is 2.61. The molecular formula is C22H29NO3. The quantitative estimate of drug-likeness (QED) is 0.766. The van der Waals surface area contributed by atoms with E-state index in [-0.39, 0.29) is 11.9 Å². The van der Waals surface area contributed by atoms with Gasteiger partial charge in [0.25, 0.3) is 5.91 Å². The van der Waals surface area contributed by atoms with Crippen LogP contribution in [0.4, 0.5) is 0 Å². The predicted molar refractivity (Wildman–Crippen MR) is 105 cm³/mol. The summed E-state index contributed by atoms with van der Waals surface area (Å²) in [6.07, 6.45) is 0.0856. The predicted octanol–water partition coefficient (Wildman–Crippen LogP) is 4.35. The Morgan fingerprint density at radius 1 is 1.04 bits per heavy atom. The molecule has 0 heterocycles. The molecular weight excluding hydrogens is 326 g/mol. The molecule has 0 radical (unpaired) electrons. The second-order valence-corrected chi connectivity index (χ2v) is 6.75. The first-order valence-electron chi connectivity index (χ1n) is 9.13. The van der Waals surface area contributed by atoms with Crippen molar-refractivity contribution in [1.82, 2.24) is 5.32 Å². The van der Waals surface area contributed by atoms with E-state index >= 15 is 0 Å². The van der Waals surface area contributed by atoms with E-state index < -0.39 is 6.10 Å². The molecule has 4 heteroatoms. The minimum absolute atomic E-state index is 0.112. The lowest BCUT2D eigenvalue weighted by Crippen LogP contribution is -2.44. The maximum absolute atomic E-state index is 12.5. The molecule has 2 rings (SSSR count). The third-order valence-corrected chi connectivity index (χ3v) is 4.39. The Kier molecular flexibility index (Phi) is 7.07. The van der Waals surface area contributed by atoms with Crippen LogP contribution in [0.25, 0.3) is 0 Å². The number of carbonyl (C=O) groups is 1. The molecule has 0 spiro atoms. The Morgan fingerprint density at radius 2 is 1.77 bits per heavy atom. The molecule has 0 fully saturated rings. The van der Waals surface area contributed by atoms with Gasteiger partial charge in [-0.1, -0.05) is 31.2 Å². The first kappa shape index (κ1) is 19.8. The van der Waals surface area contributed by atoms with E-state index in [1.54, 1.807) is 0 Å². The lowest BCUT2D eigenvalue weighted by molar-refractivity contribution is -0.128. The lowest BCUT2D eigenvalue weighted by atomic mass is 10.1. The van der Waals surface area contributed by atoms with Gasteiger partial charge in [-0.3, -0.25) is 4.79 Å². The molecule has 0 aliphatic rings. The van der Waals surface area contributed by atoms with E-state index in [1.807, 2.05) is 70.2 Å². The normalized spacial score (nSPS) is 13.0. The van der Waals surface area contributed by atoms with Crippen molar-refractivity contribution in [3.05, 3.63) is 59.2 Å². The summed E-state index contributed by atoms with van der Waals surface area (Å²) >= 11 is 0. The zero-order valence-electron chi connectivity index (χ0n) is 16.3. The van der Waals surface area contributed by atoms with Crippen molar-refractivity contribution in [2.45, 2.75) is 53.2 Å². The van der Waals surface area contributed by atoms with Crippen molar-refractivity contribution in [2.75, 3.05) is 6.61 Å². The van der Waals surface area contributed by atoms with E-state index in [4.69, 9.17) is 9.47 Å². The molecule has 0 saturated carbocycles. The summed E-state index contributed by atoms with van der Waals surface area (Å²) in [5.74, 6) is 1.44. The zero-order valence-corrected chi connectivity index (χ0v) is 16.3. The minimum Gasteiger partial charge on any atom is -0.491 e. The number of carbonyl (C=O) groups excluding carboxylic acids is 1. The van der Waals surface area contributed by atoms with Crippen LogP contribution in [0.3, 0.4) is 0 Å². The van der Waals surface area contributed by atoms with Gasteiger partial charge in [0.2, 0.25) is 0 Å². The van der Waals surface area contributed by atoms with Crippen LogP contribution >= 0.6 is 0 Å². The summed E-state index contributed by atoms with van der Waals surface area (Å²) in [5.41, 5.74) is 3.44. The van der Waals surface area contributed by atoms with Gasteiger partial charge in [-0.2, -0.15) is 0 Å². The molecule has 2 atom stereocenters. The van der Waals surface area contributed by atoms with Gasteiger partial charge in [0.15, 0.2) is 6.10 Å². The molecule has 0 saturated heterocycles. The maximum Gasteiger partial charge on any atom is 0.261 e. The number of hydrogen-bond donors (Lipinski definition) is 1. The molecule has 0 unspecified atom stereocenters. The highest BCUT2D eigenvalue weighted by atomic mass is 16.5. The monoisotopic (exact) mass is 355 g/mol. The van der Waals surface area contributed by atoms with Crippen molar-refractivity contribution in [1.29, 1.82) is 0 Å². The number of rotatable bonds is 8. The second kappa shape index (κ2) is 9.27. The van der Waals surface area contributed by atoms with Crippen molar-refractivity contribution in [2.24, 2.45) is 0 Å². The molecule has 1 amide bonds. The fraction of sp³-hybridized carbons (Fsp3) is 0.409. The molecule has 26 heavy (non-hydrogen) atoms. The minimum atomic E-state index is -0.516. The van der Waals surface area contributed by atoms with Crippen LogP contribution in [0.15, 0.2) is 42.5 Å². The summed E-state index contributed by atoms with van der Waals surface area (Å²) in [6, 6.07) is 13.6. The Hall–Kier alpha value is -2.49. The number of ether oxygens (including phenoxy) is 2. The van der Waals surface area contributed by atoms with E-state index in [1.165, 1.54) is 5.56 Å². The Morgan fingerprint density at radius 3 is 2.42 bits per heavy atom. The molecule has 4 nitrogen and oxygen atoms in total. The summed E-state index contributed by atoms with van der Waals surface area (Å²) < 4.78 is 11.7. The highest BCUT2D eigenvalue weighted by Gasteiger charge is 2.20. The molecule has 0 bridgehead atoms. The summed E-state index contributed by atoms with van der Waals surface area (Å²) in [7, 11) is 0. The second-order valence-electron chi connectivity index (χ2n) is 6.75. The standard InChI is InChI=1S/C22H29NO3/c1-6-20(26-19-12-11-15(2)17(4)13-19)22(24)23-18(5)14-25-21-10-8-7-9-16(21)3/h7-13,18,20H,6,14H2,1-5H3,(H,23,24)/t18-,20+/m1/s1. The Balaban J connectivity index is 1.89. The average molecular weight is 355 g/mol. The largest absolute Gasteiger partial charge is 0.491 e. The number of nitrogens with one attached hydrogen (secondary N) is 1. The first-order valence-corrected chi connectivity index (χ1v) is 9.13. The van der Waals surface area contributed by atoms with Gasteiger partial charge < -0.3 is 14.8 Å². The Labute approximate surface area is 156 Å². The number of benzene rings is 2. The molecule has 2 aromatic rings. The van der Waals surface area contributed by atoms with Gasteiger partial charge in [0.05, 0.1) is 6.04 Å². The molecule has 0 aliphatic carbocycles. The van der Waals surface area contributed by atoms with Gasteiger partial charge >= 0.3 is 0 Å². The summed E-state index contributed by atoms with van der Waals surface area (Å²) in [6.45, 7) is 10.4. The van der Waals surface area contributed by atoms with E-state index in [0.717, 1.165) is 22.6 Å². The highest BCUT2D eigenvalue weighted by Crippen LogP contribution is 2.19. The molecule has 0 aromatic heterocycles. The number of aryl methyl sites for hydroxylation is 3. The van der Waals surface area contributed by atoms with Crippen molar-refractivity contribution < 1.29 is 14.3 Å². The van der Waals surface area contributed by atoms with Crippen molar-refractivity contribution in [3.63, 3.8) is 0 Å². The topological polar surface area (TPSA) is 47.6 Å². The van der Waals surface area contributed by atoms with Crippen LogP contribution in [0.5, 0.6) is 11.5 Å². The van der Waals surface area contributed by atoms with Gasteiger partial charge in [0.1, 0.15) is 18.1 Å². The summed E-state index contributed by atoms with van der Waals surface area (Å²) in [5, 5.41) is 2.98. The smallest absolute Gasteiger partial charge is 0.261 e. The number of hydrogen-bond acceptors (Lipinski definition) is 3. The van der Waals surface area contributed by atoms with Gasteiger partial charge in [-0.05, 0) is 69.0 Å². The fourth-order valence-corrected chi connectivity index (χ4v) is 2.58. The molecule has 1 N–H and O–H groups in total.